The fourth-order valence-electron chi connectivity index (χ4n) is 2.59. The zero-order valence-electron chi connectivity index (χ0n) is 11.1. The predicted molar refractivity (Wildman–Crippen MR) is 72.8 cm³/mol. The molecular formula is C12H20N4S. The number of aromatic nitrogens is 4. The zero-order chi connectivity index (χ0) is 12.7. The van der Waals surface area contributed by atoms with Crippen LogP contribution in [0.5, 0.6) is 0 Å². The Kier molecular flexibility index (Phi) is 3.12. The Bertz CT molecular complexity index is 587. The van der Waals surface area contributed by atoms with Crippen LogP contribution in [0.3, 0.4) is 0 Å². The lowest BCUT2D eigenvalue weighted by molar-refractivity contribution is 0.366. The first kappa shape index (κ1) is 12.4. The molecule has 0 aromatic carbocycles. The number of imidazole rings is 1. The maximum absolute atomic E-state index is 5.45. The number of nitrogens with one attached hydrogen (secondary N) is 1. The summed E-state index contributed by atoms with van der Waals surface area (Å²) in [6.07, 6.45) is 1.07. The van der Waals surface area contributed by atoms with Crippen molar-refractivity contribution in [2.45, 2.75) is 40.2 Å². The minimum Gasteiger partial charge on any atom is -0.328 e. The van der Waals surface area contributed by atoms with Gasteiger partial charge in [-0.2, -0.15) is 5.10 Å². The molecule has 94 valence electrons. The third-order valence-electron chi connectivity index (χ3n) is 3.39. The first-order valence-electron chi connectivity index (χ1n) is 6.11. The molecule has 0 bridgehead atoms. The number of rotatable bonds is 3. The summed E-state index contributed by atoms with van der Waals surface area (Å²) in [6, 6.07) is 0.422. The molecule has 2 heterocycles. The van der Waals surface area contributed by atoms with Crippen molar-refractivity contribution >= 4 is 23.4 Å². The summed E-state index contributed by atoms with van der Waals surface area (Å²) in [5.74, 6) is 0.556. The van der Waals surface area contributed by atoms with E-state index in [0.29, 0.717) is 12.0 Å². The lowest BCUT2D eigenvalue weighted by atomic mass is 10.0. The number of fused-ring (bicyclic) bond motifs is 1. The number of aryl methyl sites for hydroxylation is 2. The van der Waals surface area contributed by atoms with E-state index in [-0.39, 0.29) is 0 Å². The molecule has 0 fully saturated rings. The lowest BCUT2D eigenvalue weighted by Gasteiger charge is -2.21. The molecule has 0 saturated heterocycles. The second-order valence-electron chi connectivity index (χ2n) is 4.93. The SMILES string of the molecule is CCC(C(C)C)n1c(=S)[nH]c2c(C)nn(C)c21. The highest BCUT2D eigenvalue weighted by atomic mass is 32.1. The van der Waals surface area contributed by atoms with Crippen LogP contribution in [0, 0.1) is 17.6 Å². The van der Waals surface area contributed by atoms with Crippen molar-refractivity contribution in [2.24, 2.45) is 13.0 Å². The molecule has 0 saturated carbocycles. The summed E-state index contributed by atoms with van der Waals surface area (Å²) < 4.78 is 4.94. The number of aromatic amines is 1. The van der Waals surface area contributed by atoms with Gasteiger partial charge in [-0.1, -0.05) is 20.8 Å². The van der Waals surface area contributed by atoms with Gasteiger partial charge in [-0.25, -0.2) is 0 Å². The maximum atomic E-state index is 5.45. The van der Waals surface area contributed by atoms with E-state index in [2.05, 4.69) is 35.4 Å². The smallest absolute Gasteiger partial charge is 0.179 e. The van der Waals surface area contributed by atoms with Crippen molar-refractivity contribution in [3.8, 4) is 0 Å². The monoisotopic (exact) mass is 252 g/mol. The van der Waals surface area contributed by atoms with Crippen LogP contribution in [0.15, 0.2) is 0 Å². The van der Waals surface area contributed by atoms with Crippen LogP contribution in [0.2, 0.25) is 0 Å². The van der Waals surface area contributed by atoms with Crippen LogP contribution in [-0.2, 0) is 7.05 Å². The molecule has 0 amide bonds. The Morgan fingerprint density at radius 2 is 2.06 bits per heavy atom. The second-order valence-corrected chi connectivity index (χ2v) is 5.31. The van der Waals surface area contributed by atoms with Crippen LogP contribution >= 0.6 is 12.2 Å². The summed E-state index contributed by atoms with van der Waals surface area (Å²) in [7, 11) is 1.97. The molecule has 5 heteroatoms. The van der Waals surface area contributed by atoms with Gasteiger partial charge in [0.2, 0.25) is 0 Å². The summed E-state index contributed by atoms with van der Waals surface area (Å²) in [4.78, 5) is 3.28. The summed E-state index contributed by atoms with van der Waals surface area (Å²) in [6.45, 7) is 8.68. The average Bonchev–Trinajstić information content (AvgIpc) is 2.69. The highest BCUT2D eigenvalue weighted by Crippen LogP contribution is 2.27. The molecule has 2 aromatic heterocycles. The van der Waals surface area contributed by atoms with Crippen LogP contribution in [0.4, 0.5) is 0 Å². The van der Waals surface area contributed by atoms with E-state index >= 15 is 0 Å². The maximum Gasteiger partial charge on any atom is 0.179 e. The lowest BCUT2D eigenvalue weighted by Crippen LogP contribution is -2.16. The first-order valence-corrected chi connectivity index (χ1v) is 6.52. The van der Waals surface area contributed by atoms with Crippen molar-refractivity contribution in [3.63, 3.8) is 0 Å². The van der Waals surface area contributed by atoms with E-state index in [1.165, 1.54) is 0 Å². The molecule has 4 nitrogen and oxygen atoms in total. The van der Waals surface area contributed by atoms with Crippen LogP contribution in [0.25, 0.3) is 11.2 Å². The van der Waals surface area contributed by atoms with Crippen molar-refractivity contribution in [1.29, 1.82) is 0 Å². The molecular weight excluding hydrogens is 232 g/mol. The van der Waals surface area contributed by atoms with Gasteiger partial charge in [-0.05, 0) is 31.5 Å². The quantitative estimate of drug-likeness (QED) is 0.851. The van der Waals surface area contributed by atoms with Crippen molar-refractivity contribution in [1.82, 2.24) is 19.3 Å². The number of H-pyrrole nitrogens is 1. The van der Waals surface area contributed by atoms with Crippen LogP contribution in [0.1, 0.15) is 38.9 Å². The molecule has 0 spiro atoms. The van der Waals surface area contributed by atoms with Crippen molar-refractivity contribution in [3.05, 3.63) is 10.5 Å². The second kappa shape index (κ2) is 4.29. The molecule has 0 aliphatic carbocycles. The number of nitrogens with zero attached hydrogens (tertiary/aromatic N) is 3. The number of hydrogen-bond donors (Lipinski definition) is 1. The Hall–Kier alpha value is -1.10. The van der Waals surface area contributed by atoms with Gasteiger partial charge < -0.3 is 4.98 Å². The normalized spacial score (nSPS) is 13.8. The Morgan fingerprint density at radius 1 is 1.41 bits per heavy atom. The molecule has 1 N–H and O–H groups in total. The van der Waals surface area contributed by atoms with Gasteiger partial charge in [0.05, 0.1) is 5.69 Å². The topological polar surface area (TPSA) is 38.5 Å². The standard InChI is InChI=1S/C12H20N4S/c1-6-9(7(2)3)16-11-10(13-12(16)17)8(4)14-15(11)5/h7,9H,6H2,1-5H3,(H,13,17). The summed E-state index contributed by atoms with van der Waals surface area (Å²) >= 11 is 5.45. The molecule has 0 radical (unpaired) electrons. The third-order valence-corrected chi connectivity index (χ3v) is 3.69. The molecule has 17 heavy (non-hydrogen) atoms. The highest BCUT2D eigenvalue weighted by Gasteiger charge is 2.20. The molecule has 0 aliphatic heterocycles. The highest BCUT2D eigenvalue weighted by molar-refractivity contribution is 7.71. The van der Waals surface area contributed by atoms with Crippen molar-refractivity contribution < 1.29 is 0 Å². The van der Waals surface area contributed by atoms with Crippen LogP contribution < -0.4 is 0 Å². The number of hydrogen-bond acceptors (Lipinski definition) is 2. The first-order chi connectivity index (χ1) is 7.97. The predicted octanol–water partition coefficient (Wildman–Crippen LogP) is 3.35. The molecule has 1 atom stereocenters. The van der Waals surface area contributed by atoms with Gasteiger partial charge in [0.25, 0.3) is 0 Å². The summed E-state index contributed by atoms with van der Waals surface area (Å²) in [5.41, 5.74) is 3.18. The van der Waals surface area contributed by atoms with E-state index in [9.17, 15) is 0 Å². The van der Waals surface area contributed by atoms with Crippen LogP contribution in [-0.4, -0.2) is 19.3 Å². The van der Waals surface area contributed by atoms with E-state index in [4.69, 9.17) is 12.2 Å². The molecule has 2 aromatic rings. The molecule has 2 rings (SSSR count). The largest absolute Gasteiger partial charge is 0.328 e. The third kappa shape index (κ3) is 1.82. The fraction of sp³-hybridized carbons (Fsp3) is 0.667. The zero-order valence-corrected chi connectivity index (χ0v) is 11.9. The Morgan fingerprint density at radius 3 is 2.59 bits per heavy atom. The molecule has 1 unspecified atom stereocenters. The van der Waals surface area contributed by atoms with Gasteiger partial charge in [0.15, 0.2) is 10.4 Å². The van der Waals surface area contributed by atoms with E-state index < -0.39 is 0 Å². The minimum absolute atomic E-state index is 0.422. The van der Waals surface area contributed by atoms with Gasteiger partial charge in [-0.15, -0.1) is 0 Å². The van der Waals surface area contributed by atoms with E-state index in [1.807, 2.05) is 18.7 Å². The Balaban J connectivity index is 2.75. The van der Waals surface area contributed by atoms with Crippen molar-refractivity contribution in [2.75, 3.05) is 0 Å². The van der Waals surface area contributed by atoms with Gasteiger partial charge in [0.1, 0.15) is 5.52 Å². The van der Waals surface area contributed by atoms with Gasteiger partial charge >= 0.3 is 0 Å². The van der Waals surface area contributed by atoms with E-state index in [1.54, 1.807) is 0 Å². The fourth-order valence-corrected chi connectivity index (χ4v) is 2.92. The van der Waals surface area contributed by atoms with E-state index in [0.717, 1.165) is 28.0 Å². The minimum atomic E-state index is 0.422. The molecule has 0 aliphatic rings. The van der Waals surface area contributed by atoms with Gasteiger partial charge in [-0.3, -0.25) is 9.25 Å². The summed E-state index contributed by atoms with van der Waals surface area (Å²) in [5, 5.41) is 4.45. The average molecular weight is 252 g/mol. The van der Waals surface area contributed by atoms with Gasteiger partial charge in [0, 0.05) is 13.1 Å². The Labute approximate surface area is 107 Å².